The number of hydrogen-bond acceptors (Lipinski definition) is 7. The number of nitrogens with zero attached hydrogens (tertiary/aromatic N) is 3. The number of benzene rings is 2. The molecule has 2 aromatic carbocycles. The number of carbonyl (C=O) groups excluding carboxylic acids is 1. The summed E-state index contributed by atoms with van der Waals surface area (Å²) >= 11 is 5.41. The van der Waals surface area contributed by atoms with Crippen molar-refractivity contribution in [1.29, 1.82) is 0 Å². The van der Waals surface area contributed by atoms with Crippen molar-refractivity contribution in [3.05, 3.63) is 70.1 Å². The maximum absolute atomic E-state index is 14.9. The van der Waals surface area contributed by atoms with Gasteiger partial charge in [-0.05, 0) is 61.9 Å². The molecule has 0 spiro atoms. The number of hydrogen-bond donors (Lipinski definition) is 3. The van der Waals surface area contributed by atoms with Crippen LogP contribution in [0.25, 0.3) is 10.2 Å². The Morgan fingerprint density at radius 1 is 1.23 bits per heavy atom. The maximum Gasteiger partial charge on any atom is 0.261 e. The number of methoxy groups -OCH3 is 1. The van der Waals surface area contributed by atoms with E-state index in [2.05, 4.69) is 20.6 Å². The van der Waals surface area contributed by atoms with E-state index in [0.717, 1.165) is 47.8 Å². The molecule has 3 N–H and O–H groups in total. The number of amides is 1. The monoisotopic (exact) mass is 603 g/mol. The molecule has 1 atom stereocenters. The normalized spacial score (nSPS) is 13.7. The van der Waals surface area contributed by atoms with Crippen LogP contribution >= 0.6 is 22.9 Å². The first-order valence-electron chi connectivity index (χ1n) is 12.6. The van der Waals surface area contributed by atoms with Crippen LogP contribution in [-0.4, -0.2) is 44.3 Å². The van der Waals surface area contributed by atoms with E-state index in [9.17, 15) is 17.9 Å². The largest absolute Gasteiger partial charge is 0.497 e. The van der Waals surface area contributed by atoms with Gasteiger partial charge in [0, 0.05) is 18.0 Å². The molecule has 0 saturated heterocycles. The van der Waals surface area contributed by atoms with Gasteiger partial charge in [-0.25, -0.2) is 18.6 Å². The molecule has 2 heterocycles. The summed E-state index contributed by atoms with van der Waals surface area (Å²) in [6.45, 7) is 0.195. The molecule has 5 rings (SSSR count). The fourth-order valence-electron chi connectivity index (χ4n) is 4.22. The third-order valence-electron chi connectivity index (χ3n) is 6.52. The van der Waals surface area contributed by atoms with Crippen LogP contribution in [-0.2, 0) is 17.7 Å². The van der Waals surface area contributed by atoms with Crippen LogP contribution in [0.2, 0.25) is 5.02 Å². The number of halogens is 2. The molecule has 13 heteroatoms. The van der Waals surface area contributed by atoms with Gasteiger partial charge in [0.2, 0.25) is 0 Å². The van der Waals surface area contributed by atoms with Crippen molar-refractivity contribution in [2.24, 2.45) is 0 Å². The molecular formula is C27H27ClFN5O4S2. The number of rotatable bonds is 12. The minimum Gasteiger partial charge on any atom is -0.497 e. The molecule has 1 fully saturated rings. The Morgan fingerprint density at radius 2 is 2.00 bits per heavy atom. The minimum atomic E-state index is -2.42. The molecule has 4 aromatic rings. The van der Waals surface area contributed by atoms with E-state index in [4.69, 9.17) is 16.3 Å². The third kappa shape index (κ3) is 6.35. The quantitative estimate of drug-likeness (QED) is 0.129. The molecule has 210 valence electrons. The highest BCUT2D eigenvalue weighted by atomic mass is 35.5. The molecule has 9 nitrogen and oxygen atoms in total. The van der Waals surface area contributed by atoms with Gasteiger partial charge in [-0.1, -0.05) is 23.7 Å². The first-order valence-corrected chi connectivity index (χ1v) is 15.0. The molecule has 1 aliphatic carbocycles. The molecule has 1 aliphatic rings. The van der Waals surface area contributed by atoms with Crippen LogP contribution in [0.15, 0.2) is 48.1 Å². The van der Waals surface area contributed by atoms with Crippen molar-refractivity contribution in [2.75, 3.05) is 28.6 Å². The van der Waals surface area contributed by atoms with Gasteiger partial charge in [-0.2, -0.15) is 0 Å². The van der Waals surface area contributed by atoms with Crippen LogP contribution in [0.3, 0.4) is 0 Å². The van der Waals surface area contributed by atoms with Crippen molar-refractivity contribution in [3.8, 4) is 5.75 Å². The summed E-state index contributed by atoms with van der Waals surface area (Å²) < 4.78 is 44.2. The predicted octanol–water partition coefficient (Wildman–Crippen LogP) is 6.29. The number of aromatic nitrogens is 2. The molecule has 1 amide bonds. The average molecular weight is 604 g/mol. The second-order valence-corrected chi connectivity index (χ2v) is 11.5. The number of nitrogens with one attached hydrogen (secondary N) is 2. The standard InChI is InChI=1S/C27H27ClFN5O4S2/c1-38-18-9-5-16(6-10-18)4-2-3-13-34(40(36)37)21-12-11-20(29)24(22(21)28)33-27(35)19-14-39-25-23(19)30-15-31-26(25)32-17-7-8-17/h5-6,9-12,14-15,17H,2-4,7-8,13H2,1H3,(H,33,35)(H,36,37)(H,30,31,32). The van der Waals surface area contributed by atoms with Gasteiger partial charge in [0.15, 0.2) is 0 Å². The lowest BCUT2D eigenvalue weighted by Crippen LogP contribution is -2.27. The minimum absolute atomic E-state index is 0.136. The number of anilines is 3. The molecular weight excluding hydrogens is 577 g/mol. The highest BCUT2D eigenvalue weighted by Gasteiger charge is 2.25. The summed E-state index contributed by atoms with van der Waals surface area (Å²) in [7, 11) is 1.61. The summed E-state index contributed by atoms with van der Waals surface area (Å²) in [6.07, 6.45) is 5.60. The number of aryl methyl sites for hydroxylation is 1. The Balaban J connectivity index is 1.30. The fourth-order valence-corrected chi connectivity index (χ4v) is 6.14. The van der Waals surface area contributed by atoms with Gasteiger partial charge in [0.1, 0.15) is 23.7 Å². The van der Waals surface area contributed by atoms with E-state index < -0.39 is 23.0 Å². The Labute approximate surface area is 242 Å². The Kier molecular flexibility index (Phi) is 8.79. The summed E-state index contributed by atoms with van der Waals surface area (Å²) in [5, 5.41) is 7.34. The smallest absolute Gasteiger partial charge is 0.261 e. The van der Waals surface area contributed by atoms with Crippen LogP contribution in [0.4, 0.5) is 21.6 Å². The first-order chi connectivity index (χ1) is 19.4. The van der Waals surface area contributed by atoms with Crippen LogP contribution in [0, 0.1) is 5.82 Å². The van der Waals surface area contributed by atoms with Crippen LogP contribution in [0.5, 0.6) is 5.75 Å². The Hall–Kier alpha value is -3.32. The van der Waals surface area contributed by atoms with E-state index in [1.807, 2.05) is 24.3 Å². The second-order valence-electron chi connectivity index (χ2n) is 9.32. The van der Waals surface area contributed by atoms with E-state index >= 15 is 0 Å². The molecule has 0 aliphatic heterocycles. The van der Waals surface area contributed by atoms with Crippen molar-refractivity contribution < 1.29 is 22.7 Å². The van der Waals surface area contributed by atoms with Gasteiger partial charge >= 0.3 is 0 Å². The third-order valence-corrected chi connectivity index (χ3v) is 8.63. The Morgan fingerprint density at radius 3 is 2.70 bits per heavy atom. The first kappa shape index (κ1) is 28.2. The van der Waals surface area contributed by atoms with E-state index in [1.165, 1.54) is 28.0 Å². The lowest BCUT2D eigenvalue weighted by Gasteiger charge is -2.22. The maximum atomic E-state index is 14.9. The molecule has 40 heavy (non-hydrogen) atoms. The zero-order valence-electron chi connectivity index (χ0n) is 21.5. The number of ether oxygens (including phenoxy) is 1. The summed E-state index contributed by atoms with van der Waals surface area (Å²) in [6, 6.07) is 10.5. The van der Waals surface area contributed by atoms with Crippen molar-refractivity contribution in [2.45, 2.75) is 38.1 Å². The van der Waals surface area contributed by atoms with Gasteiger partial charge in [-0.15, -0.1) is 11.3 Å². The Bertz CT molecular complexity index is 1550. The number of unbranched alkanes of at least 4 members (excludes halogenated alkanes) is 1. The van der Waals surface area contributed by atoms with Gasteiger partial charge < -0.3 is 15.4 Å². The summed E-state index contributed by atoms with van der Waals surface area (Å²) in [4.78, 5) is 21.7. The molecule has 0 bridgehead atoms. The fraction of sp³-hybridized carbons (Fsp3) is 0.296. The van der Waals surface area contributed by atoms with Crippen LogP contribution in [0.1, 0.15) is 41.6 Å². The number of fused-ring (bicyclic) bond motifs is 1. The second kappa shape index (κ2) is 12.5. The zero-order chi connectivity index (χ0) is 28.2. The molecule has 2 aromatic heterocycles. The molecule has 0 radical (unpaired) electrons. The van der Waals surface area contributed by atoms with Crippen molar-refractivity contribution >= 4 is 67.5 Å². The average Bonchev–Trinajstić information content (AvgIpc) is 3.66. The van der Waals surface area contributed by atoms with E-state index in [1.54, 1.807) is 12.5 Å². The van der Waals surface area contributed by atoms with Crippen LogP contribution < -0.4 is 19.7 Å². The van der Waals surface area contributed by atoms with Gasteiger partial charge in [0.25, 0.3) is 17.2 Å². The van der Waals surface area contributed by atoms with Crippen molar-refractivity contribution in [1.82, 2.24) is 9.97 Å². The van der Waals surface area contributed by atoms with Gasteiger partial charge in [-0.3, -0.25) is 13.7 Å². The van der Waals surface area contributed by atoms with Crippen molar-refractivity contribution in [3.63, 3.8) is 0 Å². The lowest BCUT2D eigenvalue weighted by molar-refractivity contribution is 0.102. The topological polar surface area (TPSA) is 117 Å². The van der Waals surface area contributed by atoms with E-state index in [0.29, 0.717) is 23.8 Å². The highest BCUT2D eigenvalue weighted by Crippen LogP contribution is 2.37. The van der Waals surface area contributed by atoms with Gasteiger partial charge in [0.05, 0.1) is 39.3 Å². The number of thiophene rings is 1. The SMILES string of the molecule is COc1ccc(CCCCN(c2ccc(F)c(NC(=O)c3csc4c(NC5CC5)ncnc34)c2Cl)S(=O)O)cc1. The lowest BCUT2D eigenvalue weighted by atomic mass is 10.1. The zero-order valence-corrected chi connectivity index (χ0v) is 23.9. The summed E-state index contributed by atoms with van der Waals surface area (Å²) in [5.41, 5.74) is 1.68. The van der Waals surface area contributed by atoms with E-state index in [-0.39, 0.29) is 28.5 Å². The number of carbonyl (C=O) groups is 1. The predicted molar refractivity (Wildman–Crippen MR) is 157 cm³/mol. The highest BCUT2D eigenvalue weighted by molar-refractivity contribution is 7.80. The molecule has 1 unspecified atom stereocenters. The molecule has 1 saturated carbocycles. The summed E-state index contributed by atoms with van der Waals surface area (Å²) in [5.74, 6) is 0.0676.